The summed E-state index contributed by atoms with van der Waals surface area (Å²) in [5.74, 6) is -1.01. The van der Waals surface area contributed by atoms with Crippen molar-refractivity contribution in [1.82, 2.24) is 4.98 Å². The van der Waals surface area contributed by atoms with Gasteiger partial charge in [0.05, 0.1) is 11.4 Å². The Bertz CT molecular complexity index is 613. The van der Waals surface area contributed by atoms with E-state index >= 15 is 0 Å². The molecule has 0 spiro atoms. The maximum atomic E-state index is 13.8. The number of aromatic nitrogens is 1. The number of hydrogen-bond donors (Lipinski definition) is 1. The summed E-state index contributed by atoms with van der Waals surface area (Å²) >= 11 is 6.02. The number of benzene rings is 1. The number of hydrogen-bond acceptors (Lipinski definition) is 2. The number of amides is 1. The van der Waals surface area contributed by atoms with Crippen molar-refractivity contribution in [2.75, 3.05) is 0 Å². The Balaban J connectivity index is 2.68. The van der Waals surface area contributed by atoms with E-state index in [1.165, 1.54) is 6.07 Å². The fraction of sp³-hybridized carbons (Fsp3) is 0.167. The molecule has 0 saturated heterocycles. The molecule has 2 rings (SSSR count). The van der Waals surface area contributed by atoms with Gasteiger partial charge in [0.1, 0.15) is 11.3 Å². The topological polar surface area (TPSA) is 56.0 Å². The summed E-state index contributed by atoms with van der Waals surface area (Å²) in [6.45, 7) is 1.74. The molecule has 2 N–H and O–H groups in total. The normalized spacial score (nSPS) is 10.8. The van der Waals surface area contributed by atoms with E-state index in [0.717, 1.165) is 0 Å². The van der Waals surface area contributed by atoms with Crippen LogP contribution in [-0.2, 0) is 11.2 Å². The van der Waals surface area contributed by atoms with E-state index in [1.54, 1.807) is 19.1 Å². The molecule has 3 nitrogen and oxygen atoms in total. The molecule has 1 amide bonds. The minimum absolute atomic E-state index is 0.0168. The number of nitrogens with zero attached hydrogens (tertiary/aromatic N) is 1. The number of rotatable bonds is 2. The maximum Gasteiger partial charge on any atom is 0.221 e. The van der Waals surface area contributed by atoms with Crippen molar-refractivity contribution in [2.45, 2.75) is 13.3 Å². The van der Waals surface area contributed by atoms with E-state index in [2.05, 4.69) is 4.98 Å². The van der Waals surface area contributed by atoms with Gasteiger partial charge in [0, 0.05) is 11.1 Å². The van der Waals surface area contributed by atoms with Crippen LogP contribution < -0.4 is 5.73 Å². The van der Waals surface area contributed by atoms with Crippen LogP contribution in [0, 0.1) is 12.7 Å². The Hall–Kier alpha value is -1.68. The van der Waals surface area contributed by atoms with Gasteiger partial charge in [0.25, 0.3) is 0 Å². The third-order valence-corrected chi connectivity index (χ3v) is 2.70. The molecule has 0 bridgehead atoms. The second-order valence-electron chi connectivity index (χ2n) is 3.86. The van der Waals surface area contributed by atoms with E-state index in [0.29, 0.717) is 21.7 Å². The molecule has 1 heterocycles. The predicted molar refractivity (Wildman–Crippen MR) is 64.3 cm³/mol. The molecule has 0 atom stereocenters. The first kappa shape index (κ1) is 11.8. The largest absolute Gasteiger partial charge is 0.369 e. The quantitative estimate of drug-likeness (QED) is 0.892. The van der Waals surface area contributed by atoms with Crippen LogP contribution in [0.15, 0.2) is 18.2 Å². The summed E-state index contributed by atoms with van der Waals surface area (Å²) in [7, 11) is 0. The van der Waals surface area contributed by atoms with Crippen molar-refractivity contribution in [1.29, 1.82) is 0 Å². The highest BCUT2D eigenvalue weighted by atomic mass is 35.5. The Morgan fingerprint density at radius 1 is 1.47 bits per heavy atom. The van der Waals surface area contributed by atoms with Gasteiger partial charge in [-0.25, -0.2) is 9.37 Å². The number of fused-ring (bicyclic) bond motifs is 1. The summed E-state index contributed by atoms with van der Waals surface area (Å²) in [6.07, 6.45) is -0.0168. The van der Waals surface area contributed by atoms with Gasteiger partial charge < -0.3 is 5.73 Å². The predicted octanol–water partition coefficient (Wildman–Crippen LogP) is 2.36. The Kier molecular flexibility index (Phi) is 2.98. The zero-order valence-corrected chi connectivity index (χ0v) is 9.88. The molecule has 0 fully saturated rings. The zero-order chi connectivity index (χ0) is 12.6. The lowest BCUT2D eigenvalue weighted by atomic mass is 10.1. The molecular formula is C12H10ClFN2O. The molecule has 1 aromatic carbocycles. The highest BCUT2D eigenvalue weighted by Crippen LogP contribution is 2.26. The minimum Gasteiger partial charge on any atom is -0.369 e. The van der Waals surface area contributed by atoms with Crippen molar-refractivity contribution in [3.05, 3.63) is 40.3 Å². The molecule has 2 aromatic rings. The van der Waals surface area contributed by atoms with E-state index in [1.807, 2.05) is 0 Å². The first-order chi connectivity index (χ1) is 7.97. The summed E-state index contributed by atoms with van der Waals surface area (Å²) in [5.41, 5.74) is 6.42. The summed E-state index contributed by atoms with van der Waals surface area (Å²) in [6, 6.07) is 4.55. The Morgan fingerprint density at radius 3 is 2.82 bits per heavy atom. The molecule has 5 heteroatoms. The summed E-state index contributed by atoms with van der Waals surface area (Å²) in [4.78, 5) is 14.9. The van der Waals surface area contributed by atoms with Crippen molar-refractivity contribution in [3.63, 3.8) is 0 Å². The average molecular weight is 253 g/mol. The smallest absolute Gasteiger partial charge is 0.221 e. The van der Waals surface area contributed by atoms with Gasteiger partial charge in [-0.1, -0.05) is 11.6 Å². The van der Waals surface area contributed by atoms with Crippen LogP contribution in [0.3, 0.4) is 0 Å². The van der Waals surface area contributed by atoms with E-state index < -0.39 is 11.7 Å². The number of aryl methyl sites for hydroxylation is 1. The maximum absolute atomic E-state index is 13.8. The zero-order valence-electron chi connectivity index (χ0n) is 9.13. The molecule has 0 unspecified atom stereocenters. The lowest BCUT2D eigenvalue weighted by molar-refractivity contribution is -0.117. The lowest BCUT2D eigenvalue weighted by Gasteiger charge is -2.06. The molecule has 0 radical (unpaired) electrons. The number of carbonyl (C=O) groups is 1. The fourth-order valence-electron chi connectivity index (χ4n) is 1.72. The van der Waals surface area contributed by atoms with Crippen LogP contribution in [0.5, 0.6) is 0 Å². The van der Waals surface area contributed by atoms with E-state index in [-0.39, 0.29) is 11.9 Å². The summed E-state index contributed by atoms with van der Waals surface area (Å²) in [5, 5.41) is 0.909. The van der Waals surface area contributed by atoms with Gasteiger partial charge >= 0.3 is 0 Å². The van der Waals surface area contributed by atoms with E-state index in [4.69, 9.17) is 17.3 Å². The van der Waals surface area contributed by atoms with Crippen molar-refractivity contribution >= 4 is 28.4 Å². The highest BCUT2D eigenvalue weighted by molar-refractivity contribution is 6.35. The third kappa shape index (κ3) is 2.36. The number of halogens is 2. The Labute approximate surface area is 102 Å². The molecule has 88 valence electrons. The van der Waals surface area contributed by atoms with Gasteiger partial charge in [-0.15, -0.1) is 0 Å². The average Bonchev–Trinajstić information content (AvgIpc) is 2.19. The van der Waals surface area contributed by atoms with Crippen LogP contribution in [0.4, 0.5) is 4.39 Å². The van der Waals surface area contributed by atoms with Crippen LogP contribution in [-0.4, -0.2) is 10.9 Å². The second kappa shape index (κ2) is 4.30. The van der Waals surface area contributed by atoms with Gasteiger partial charge in [-0.2, -0.15) is 0 Å². The van der Waals surface area contributed by atoms with Crippen LogP contribution in [0.1, 0.15) is 11.3 Å². The highest BCUT2D eigenvalue weighted by Gasteiger charge is 2.10. The summed E-state index contributed by atoms with van der Waals surface area (Å²) < 4.78 is 13.8. The van der Waals surface area contributed by atoms with Crippen molar-refractivity contribution in [2.24, 2.45) is 5.73 Å². The number of primary amides is 1. The SMILES string of the molecule is Cc1cc(Cl)c2cc(CC(N)=O)cc(F)c2n1. The van der Waals surface area contributed by atoms with Crippen LogP contribution in [0.2, 0.25) is 5.02 Å². The molecule has 0 aliphatic rings. The van der Waals surface area contributed by atoms with Crippen LogP contribution in [0.25, 0.3) is 10.9 Å². The van der Waals surface area contributed by atoms with Gasteiger partial charge in [-0.05, 0) is 30.7 Å². The first-order valence-electron chi connectivity index (χ1n) is 5.01. The van der Waals surface area contributed by atoms with Crippen LogP contribution >= 0.6 is 11.6 Å². The second-order valence-corrected chi connectivity index (χ2v) is 4.27. The number of nitrogens with two attached hydrogens (primary N) is 1. The molecule has 0 aliphatic carbocycles. The van der Waals surface area contributed by atoms with Crippen molar-refractivity contribution in [3.8, 4) is 0 Å². The molecule has 1 aromatic heterocycles. The van der Waals surface area contributed by atoms with Gasteiger partial charge in [-0.3, -0.25) is 4.79 Å². The van der Waals surface area contributed by atoms with Crippen molar-refractivity contribution < 1.29 is 9.18 Å². The first-order valence-corrected chi connectivity index (χ1v) is 5.39. The van der Waals surface area contributed by atoms with E-state index in [9.17, 15) is 9.18 Å². The Morgan fingerprint density at radius 2 is 2.18 bits per heavy atom. The fourth-order valence-corrected chi connectivity index (χ4v) is 2.03. The molecule has 17 heavy (non-hydrogen) atoms. The molecule has 0 saturated carbocycles. The lowest BCUT2D eigenvalue weighted by Crippen LogP contribution is -2.13. The number of pyridine rings is 1. The number of carbonyl (C=O) groups excluding carboxylic acids is 1. The third-order valence-electron chi connectivity index (χ3n) is 2.38. The molecular weight excluding hydrogens is 243 g/mol. The van der Waals surface area contributed by atoms with Gasteiger partial charge in [0.2, 0.25) is 5.91 Å². The monoisotopic (exact) mass is 252 g/mol. The molecule has 0 aliphatic heterocycles. The minimum atomic E-state index is -0.514. The standard InChI is InChI=1S/C12H10ClFN2O/c1-6-2-9(13)8-3-7(5-11(15)17)4-10(14)12(8)16-6/h2-4H,5H2,1H3,(H2,15,17). The van der Waals surface area contributed by atoms with Gasteiger partial charge in [0.15, 0.2) is 0 Å².